The van der Waals surface area contributed by atoms with Gasteiger partial charge in [0.1, 0.15) is 5.00 Å². The lowest BCUT2D eigenvalue weighted by molar-refractivity contribution is 0.0527. The normalized spacial score (nSPS) is 10.9. The van der Waals surface area contributed by atoms with Crippen LogP contribution in [-0.2, 0) is 4.74 Å². The number of nitrogens with zero attached hydrogens (tertiary/aromatic N) is 2. The highest BCUT2D eigenvalue weighted by molar-refractivity contribution is 7.18. The summed E-state index contributed by atoms with van der Waals surface area (Å²) in [5.74, 6) is -1.20. The Labute approximate surface area is 230 Å². The van der Waals surface area contributed by atoms with Crippen molar-refractivity contribution in [2.45, 2.75) is 27.7 Å². The molecule has 2 amide bonds. The number of thiophene rings is 1. The van der Waals surface area contributed by atoms with Crippen molar-refractivity contribution >= 4 is 56.6 Å². The van der Waals surface area contributed by atoms with E-state index >= 15 is 0 Å². The van der Waals surface area contributed by atoms with Crippen LogP contribution in [-0.4, -0.2) is 47.4 Å². The van der Waals surface area contributed by atoms with Crippen LogP contribution in [0.5, 0.6) is 0 Å². The average Bonchev–Trinajstić information content (AvgIpc) is 3.24. The second-order valence-corrected chi connectivity index (χ2v) is 9.95. The molecule has 0 unspecified atom stereocenters. The number of halogens is 1. The van der Waals surface area contributed by atoms with E-state index < -0.39 is 11.9 Å². The third kappa shape index (κ3) is 5.42. The minimum absolute atomic E-state index is 0.167. The van der Waals surface area contributed by atoms with Crippen LogP contribution in [0, 0.1) is 6.92 Å². The zero-order valence-electron chi connectivity index (χ0n) is 21.6. The molecule has 0 fully saturated rings. The number of hydrogen-bond acceptors (Lipinski definition) is 6. The molecule has 0 spiro atoms. The maximum Gasteiger partial charge on any atom is 0.341 e. The number of esters is 1. The highest BCUT2D eigenvalue weighted by atomic mass is 35.5. The molecule has 4 aromatic rings. The Hall–Kier alpha value is -3.75. The first kappa shape index (κ1) is 27.3. The molecule has 0 aliphatic rings. The van der Waals surface area contributed by atoms with Gasteiger partial charge in [0.05, 0.1) is 33.8 Å². The summed E-state index contributed by atoms with van der Waals surface area (Å²) >= 11 is 7.14. The van der Waals surface area contributed by atoms with Gasteiger partial charge in [0, 0.05) is 29.1 Å². The Kier molecular flexibility index (Phi) is 8.44. The Morgan fingerprint density at radius 1 is 1.03 bits per heavy atom. The Morgan fingerprint density at radius 3 is 2.37 bits per heavy atom. The number of fused-ring (bicyclic) bond motifs is 1. The van der Waals surface area contributed by atoms with Gasteiger partial charge in [-0.05, 0) is 57.5 Å². The molecule has 0 atom stereocenters. The van der Waals surface area contributed by atoms with Gasteiger partial charge in [-0.3, -0.25) is 9.59 Å². The van der Waals surface area contributed by atoms with E-state index in [-0.39, 0.29) is 23.1 Å². The molecule has 196 valence electrons. The second kappa shape index (κ2) is 11.8. The number of amides is 2. The Balaban J connectivity index is 1.80. The van der Waals surface area contributed by atoms with E-state index in [4.69, 9.17) is 21.3 Å². The summed E-state index contributed by atoms with van der Waals surface area (Å²) in [6, 6.07) is 16.3. The van der Waals surface area contributed by atoms with Gasteiger partial charge in [-0.15, -0.1) is 11.3 Å². The van der Waals surface area contributed by atoms with E-state index in [0.717, 1.165) is 16.9 Å². The van der Waals surface area contributed by atoms with Crippen molar-refractivity contribution in [3.8, 4) is 11.3 Å². The molecule has 2 heterocycles. The van der Waals surface area contributed by atoms with Crippen LogP contribution in [0.3, 0.4) is 0 Å². The zero-order valence-corrected chi connectivity index (χ0v) is 23.2. The number of pyridine rings is 1. The highest BCUT2D eigenvalue weighted by Crippen LogP contribution is 2.36. The van der Waals surface area contributed by atoms with Crippen LogP contribution in [0.1, 0.15) is 56.7 Å². The van der Waals surface area contributed by atoms with Crippen molar-refractivity contribution in [3.05, 3.63) is 81.2 Å². The molecule has 0 aliphatic carbocycles. The number of carbonyl (C=O) groups is 3. The van der Waals surface area contributed by atoms with Crippen molar-refractivity contribution in [1.82, 2.24) is 9.88 Å². The molecule has 0 aliphatic heterocycles. The number of anilines is 1. The quantitative estimate of drug-likeness (QED) is 0.243. The molecule has 0 saturated carbocycles. The first-order chi connectivity index (χ1) is 18.3. The summed E-state index contributed by atoms with van der Waals surface area (Å²) in [6.45, 7) is 8.43. The molecule has 7 nitrogen and oxygen atoms in total. The van der Waals surface area contributed by atoms with E-state index in [9.17, 15) is 14.4 Å². The molecule has 0 bridgehead atoms. The van der Waals surface area contributed by atoms with E-state index in [0.29, 0.717) is 50.7 Å². The first-order valence-corrected chi connectivity index (χ1v) is 13.5. The lowest BCUT2D eigenvalue weighted by atomic mass is 10.0. The smallest absolute Gasteiger partial charge is 0.341 e. The topological polar surface area (TPSA) is 88.6 Å². The van der Waals surface area contributed by atoms with E-state index in [1.165, 1.54) is 0 Å². The van der Waals surface area contributed by atoms with Gasteiger partial charge >= 0.3 is 5.97 Å². The first-order valence-electron chi connectivity index (χ1n) is 12.4. The van der Waals surface area contributed by atoms with Crippen LogP contribution < -0.4 is 5.32 Å². The van der Waals surface area contributed by atoms with Crippen molar-refractivity contribution in [1.29, 1.82) is 0 Å². The Bertz CT molecular complexity index is 1510. The zero-order chi connectivity index (χ0) is 27.4. The maximum atomic E-state index is 13.7. The second-order valence-electron chi connectivity index (χ2n) is 8.49. The number of ether oxygens (including phenoxy) is 1. The third-order valence-corrected chi connectivity index (χ3v) is 7.65. The van der Waals surface area contributed by atoms with Crippen LogP contribution >= 0.6 is 22.9 Å². The van der Waals surface area contributed by atoms with Crippen molar-refractivity contribution < 1.29 is 19.1 Å². The minimum Gasteiger partial charge on any atom is -0.462 e. The Morgan fingerprint density at radius 2 is 1.71 bits per heavy atom. The minimum atomic E-state index is -0.586. The molecule has 1 N–H and O–H groups in total. The van der Waals surface area contributed by atoms with Gasteiger partial charge in [0.15, 0.2) is 0 Å². The number of rotatable bonds is 8. The fourth-order valence-corrected chi connectivity index (χ4v) is 5.50. The molecular formula is C29H28ClN3O4S. The molecule has 0 radical (unpaired) electrons. The predicted octanol–water partition coefficient (Wildman–Crippen LogP) is 6.84. The van der Waals surface area contributed by atoms with Crippen LogP contribution in [0.4, 0.5) is 5.00 Å². The van der Waals surface area contributed by atoms with Crippen LogP contribution in [0.15, 0.2) is 54.6 Å². The van der Waals surface area contributed by atoms with E-state index in [2.05, 4.69) is 5.32 Å². The largest absolute Gasteiger partial charge is 0.462 e. The van der Waals surface area contributed by atoms with Crippen molar-refractivity contribution in [3.63, 3.8) is 0 Å². The van der Waals surface area contributed by atoms with Crippen LogP contribution in [0.25, 0.3) is 22.2 Å². The molecule has 2 aromatic carbocycles. The highest BCUT2D eigenvalue weighted by Gasteiger charge is 2.29. The fraction of sp³-hybridized carbons (Fsp3) is 0.241. The van der Waals surface area contributed by atoms with E-state index in [1.807, 2.05) is 50.2 Å². The average molecular weight is 550 g/mol. The number of benzene rings is 2. The van der Waals surface area contributed by atoms with Gasteiger partial charge in [-0.1, -0.05) is 41.9 Å². The fourth-order valence-electron chi connectivity index (χ4n) is 4.21. The molecule has 38 heavy (non-hydrogen) atoms. The number of para-hydroxylation sites is 1. The molecule has 4 rings (SSSR count). The monoisotopic (exact) mass is 549 g/mol. The van der Waals surface area contributed by atoms with Gasteiger partial charge in [-0.2, -0.15) is 0 Å². The summed E-state index contributed by atoms with van der Waals surface area (Å²) in [7, 11) is 0. The van der Waals surface area contributed by atoms with E-state index in [1.54, 1.807) is 36.9 Å². The maximum absolute atomic E-state index is 13.7. The number of carbonyl (C=O) groups excluding carboxylic acids is 3. The molecule has 9 heteroatoms. The van der Waals surface area contributed by atoms with Crippen molar-refractivity contribution in [2.24, 2.45) is 0 Å². The molecular weight excluding hydrogens is 522 g/mol. The SMILES string of the molecule is CCOC(=O)c1c(NC(=O)c2cc(-c3ccc(Cl)cc3)nc3ccccc23)sc(C(=O)N(CC)CC)c1C. The van der Waals surface area contributed by atoms with Gasteiger partial charge < -0.3 is 15.0 Å². The summed E-state index contributed by atoms with van der Waals surface area (Å²) in [5.41, 5.74) is 3.13. The van der Waals surface area contributed by atoms with Crippen molar-refractivity contribution in [2.75, 3.05) is 25.0 Å². The predicted molar refractivity (Wildman–Crippen MR) is 152 cm³/mol. The number of aromatic nitrogens is 1. The summed E-state index contributed by atoms with van der Waals surface area (Å²) in [4.78, 5) is 46.6. The molecule has 2 aromatic heterocycles. The third-order valence-electron chi connectivity index (χ3n) is 6.20. The van der Waals surface area contributed by atoms with Gasteiger partial charge in [-0.25, -0.2) is 9.78 Å². The lowest BCUT2D eigenvalue weighted by Gasteiger charge is -2.18. The van der Waals surface area contributed by atoms with Gasteiger partial charge in [0.2, 0.25) is 0 Å². The summed E-state index contributed by atoms with van der Waals surface area (Å²) in [6.07, 6.45) is 0. The standard InChI is InChI=1S/C29H28ClN3O4S/c1-5-33(6-2)28(35)25-17(4)24(29(36)37-7-3)27(38-25)32-26(34)21-16-23(18-12-14-19(30)15-13-18)31-22-11-9-8-10-20(21)22/h8-16H,5-7H2,1-4H3,(H,32,34). The lowest BCUT2D eigenvalue weighted by Crippen LogP contribution is -2.30. The number of hydrogen-bond donors (Lipinski definition) is 1. The van der Waals surface area contributed by atoms with Crippen LogP contribution in [0.2, 0.25) is 5.02 Å². The number of nitrogens with one attached hydrogen (secondary N) is 1. The summed E-state index contributed by atoms with van der Waals surface area (Å²) < 4.78 is 5.27. The molecule has 0 saturated heterocycles. The van der Waals surface area contributed by atoms with Gasteiger partial charge in [0.25, 0.3) is 11.8 Å². The summed E-state index contributed by atoms with van der Waals surface area (Å²) in [5, 5.41) is 4.43.